The van der Waals surface area contributed by atoms with E-state index in [1.54, 1.807) is 44.7 Å². The van der Waals surface area contributed by atoms with Crippen LogP contribution in [0.4, 0.5) is 11.4 Å². The second-order valence-electron chi connectivity index (χ2n) is 11.8. The number of anilines is 2. The van der Waals surface area contributed by atoms with E-state index in [0.29, 0.717) is 54.6 Å². The highest BCUT2D eigenvalue weighted by atomic mass is 35.5. The third kappa shape index (κ3) is 5.90. The molecule has 3 saturated heterocycles. The molecule has 45 heavy (non-hydrogen) atoms. The van der Waals surface area contributed by atoms with E-state index < -0.39 is 22.6 Å². The van der Waals surface area contributed by atoms with Crippen molar-refractivity contribution >= 4 is 52.5 Å². The lowest BCUT2D eigenvalue weighted by atomic mass is 9.70. The molecule has 1 N–H and O–H groups in total. The van der Waals surface area contributed by atoms with Crippen LogP contribution >= 0.6 is 23.4 Å². The summed E-state index contributed by atoms with van der Waals surface area (Å²) in [6, 6.07) is 12.1. The van der Waals surface area contributed by atoms with Crippen LogP contribution in [0, 0.1) is 18.8 Å². The smallest absolute Gasteiger partial charge is 0.251 e. The molecular weight excluding hydrogens is 610 g/mol. The second-order valence-corrected chi connectivity index (χ2v) is 13.8. The van der Waals surface area contributed by atoms with Crippen LogP contribution in [0.5, 0.6) is 5.75 Å². The zero-order valence-corrected chi connectivity index (χ0v) is 27.6. The molecule has 8 nitrogen and oxygen atoms in total. The Hall–Kier alpha value is -3.27. The van der Waals surface area contributed by atoms with Gasteiger partial charge in [-0.2, -0.15) is 0 Å². The molecule has 0 saturated carbocycles. The fourth-order valence-electron chi connectivity index (χ4n) is 7.40. The van der Waals surface area contributed by atoms with E-state index in [2.05, 4.69) is 13.2 Å². The lowest BCUT2D eigenvalue weighted by molar-refractivity contribution is -0.139. The average Bonchev–Trinajstić information content (AvgIpc) is 3.67. The fourth-order valence-corrected chi connectivity index (χ4v) is 9.93. The summed E-state index contributed by atoms with van der Waals surface area (Å²) in [4.78, 5) is 48.9. The summed E-state index contributed by atoms with van der Waals surface area (Å²) in [5.41, 5.74) is 2.15. The van der Waals surface area contributed by atoms with Crippen LogP contribution in [-0.4, -0.2) is 76.6 Å². The number of aliphatic hydroxyl groups excluding tert-OH is 1. The Bertz CT molecular complexity index is 1430. The molecule has 3 aliphatic rings. The number of likely N-dealkylation sites (tertiary alicyclic amines) is 1. The number of thioether (sulfide) groups is 1. The van der Waals surface area contributed by atoms with Crippen molar-refractivity contribution in [2.24, 2.45) is 11.8 Å². The lowest BCUT2D eigenvalue weighted by Crippen LogP contribution is -2.55. The second kappa shape index (κ2) is 14.0. The maximum atomic E-state index is 14.8. The number of benzene rings is 2. The Morgan fingerprint density at radius 2 is 1.82 bits per heavy atom. The van der Waals surface area contributed by atoms with Gasteiger partial charge in [0.25, 0.3) is 5.91 Å². The van der Waals surface area contributed by atoms with Gasteiger partial charge in [0.15, 0.2) is 0 Å². The van der Waals surface area contributed by atoms with Gasteiger partial charge in [0.1, 0.15) is 11.8 Å². The number of amides is 3. The standard InChI is InChI=1S/C35H42ClN3O5S/c1-5-19-37(24-13-15-25(16-14-24)44-7-3)32(41)28-27-17-18-35(45-27)29(28)33(42)39(21-8-9-22-40)31(35)34(43)38(20-6-2)30-23(4)11-10-12-26(30)36/h5-6,10-16,27-29,31,40H,1-2,7-9,17-22H2,3-4H3/t27-,28+,29-,31?,35?/m0/s1. The van der Waals surface area contributed by atoms with E-state index in [1.165, 1.54) is 0 Å². The maximum absolute atomic E-state index is 14.8. The third-order valence-electron chi connectivity index (χ3n) is 9.20. The van der Waals surface area contributed by atoms with Crippen molar-refractivity contribution in [1.82, 2.24) is 4.90 Å². The number of hydrogen-bond donors (Lipinski definition) is 1. The molecule has 3 fully saturated rings. The topological polar surface area (TPSA) is 90.4 Å². The summed E-state index contributed by atoms with van der Waals surface area (Å²) in [5.74, 6) is -1.04. The van der Waals surface area contributed by atoms with Crippen LogP contribution in [-0.2, 0) is 14.4 Å². The molecule has 0 aromatic heterocycles. The van der Waals surface area contributed by atoms with E-state index in [4.69, 9.17) is 16.3 Å². The molecule has 10 heteroatoms. The molecule has 2 aromatic rings. The van der Waals surface area contributed by atoms with Gasteiger partial charge in [0.2, 0.25) is 11.8 Å². The maximum Gasteiger partial charge on any atom is 0.251 e. The van der Waals surface area contributed by atoms with Gasteiger partial charge in [0, 0.05) is 37.2 Å². The zero-order chi connectivity index (χ0) is 32.3. The van der Waals surface area contributed by atoms with Gasteiger partial charge < -0.3 is 24.5 Å². The number of para-hydroxylation sites is 1. The van der Waals surface area contributed by atoms with E-state index in [-0.39, 0.29) is 42.7 Å². The Labute approximate surface area is 275 Å². The van der Waals surface area contributed by atoms with Gasteiger partial charge in [-0.3, -0.25) is 14.4 Å². The molecule has 5 atom stereocenters. The number of aryl methyl sites for hydroxylation is 1. The molecule has 0 radical (unpaired) electrons. The molecule has 1 spiro atoms. The van der Waals surface area contributed by atoms with Crippen molar-refractivity contribution in [3.8, 4) is 5.75 Å². The molecule has 3 heterocycles. The van der Waals surface area contributed by atoms with Gasteiger partial charge in [-0.1, -0.05) is 35.9 Å². The Morgan fingerprint density at radius 1 is 1.11 bits per heavy atom. The molecule has 2 aromatic carbocycles. The molecule has 3 amide bonds. The number of ether oxygens (including phenoxy) is 1. The number of rotatable bonds is 14. The van der Waals surface area contributed by atoms with Crippen LogP contribution < -0.4 is 14.5 Å². The molecule has 3 aliphatic heterocycles. The van der Waals surface area contributed by atoms with Gasteiger partial charge in [-0.15, -0.1) is 24.9 Å². The van der Waals surface area contributed by atoms with Gasteiger partial charge in [-0.25, -0.2) is 0 Å². The minimum atomic E-state index is -0.782. The van der Waals surface area contributed by atoms with Crippen molar-refractivity contribution in [3.05, 3.63) is 78.4 Å². The largest absolute Gasteiger partial charge is 0.494 e. The molecule has 240 valence electrons. The van der Waals surface area contributed by atoms with E-state index >= 15 is 0 Å². The van der Waals surface area contributed by atoms with Crippen molar-refractivity contribution in [3.63, 3.8) is 0 Å². The molecule has 5 rings (SSSR count). The number of carbonyl (C=O) groups is 3. The number of fused-ring (bicyclic) bond motifs is 1. The zero-order valence-electron chi connectivity index (χ0n) is 26.0. The number of halogens is 1. The highest BCUT2D eigenvalue weighted by Gasteiger charge is 2.74. The number of aliphatic hydroxyl groups is 1. The first kappa shape index (κ1) is 33.1. The molecular formula is C35H42ClN3O5S. The minimum Gasteiger partial charge on any atom is -0.494 e. The quantitative estimate of drug-likeness (QED) is 0.210. The molecule has 2 unspecified atom stereocenters. The third-order valence-corrected chi connectivity index (χ3v) is 11.5. The summed E-state index contributed by atoms with van der Waals surface area (Å²) in [6.07, 6.45) is 5.79. The van der Waals surface area contributed by atoms with Crippen molar-refractivity contribution in [1.29, 1.82) is 0 Å². The Morgan fingerprint density at radius 3 is 2.47 bits per heavy atom. The number of hydrogen-bond acceptors (Lipinski definition) is 6. The normalized spacial score (nSPS) is 24.8. The number of carbonyl (C=O) groups excluding carboxylic acids is 3. The summed E-state index contributed by atoms with van der Waals surface area (Å²) < 4.78 is 4.84. The van der Waals surface area contributed by atoms with Crippen LogP contribution in [0.1, 0.15) is 38.2 Å². The predicted molar refractivity (Wildman–Crippen MR) is 181 cm³/mol. The van der Waals surface area contributed by atoms with Crippen LogP contribution in [0.25, 0.3) is 0 Å². The Balaban J connectivity index is 1.54. The van der Waals surface area contributed by atoms with E-state index in [9.17, 15) is 19.5 Å². The number of unbranched alkanes of at least 4 members (excludes halogenated alkanes) is 1. The highest BCUT2D eigenvalue weighted by Crippen LogP contribution is 2.67. The summed E-state index contributed by atoms with van der Waals surface area (Å²) >= 11 is 8.31. The van der Waals surface area contributed by atoms with Crippen molar-refractivity contribution in [2.45, 2.75) is 55.6 Å². The summed E-state index contributed by atoms with van der Waals surface area (Å²) in [7, 11) is 0. The summed E-state index contributed by atoms with van der Waals surface area (Å²) in [6.45, 7) is 13.0. The lowest BCUT2D eigenvalue weighted by Gasteiger charge is -2.38. The van der Waals surface area contributed by atoms with Crippen LogP contribution in [0.3, 0.4) is 0 Å². The predicted octanol–water partition coefficient (Wildman–Crippen LogP) is 5.65. The molecule has 0 aliphatic carbocycles. The van der Waals surface area contributed by atoms with E-state index in [1.807, 2.05) is 50.2 Å². The fraction of sp³-hybridized carbons (Fsp3) is 0.457. The van der Waals surface area contributed by atoms with Crippen LogP contribution in [0.2, 0.25) is 5.02 Å². The highest BCUT2D eigenvalue weighted by molar-refractivity contribution is 8.02. The Kier molecular flexibility index (Phi) is 10.3. The first-order valence-electron chi connectivity index (χ1n) is 15.7. The van der Waals surface area contributed by atoms with Crippen molar-refractivity contribution in [2.75, 3.05) is 42.6 Å². The average molecular weight is 652 g/mol. The number of nitrogens with zero attached hydrogens (tertiary/aromatic N) is 3. The van der Waals surface area contributed by atoms with E-state index in [0.717, 1.165) is 12.0 Å². The first-order chi connectivity index (χ1) is 21.7. The molecule has 2 bridgehead atoms. The summed E-state index contributed by atoms with van der Waals surface area (Å²) in [5, 5.41) is 9.88. The SMILES string of the molecule is C=CCN(C(=O)[C@@H]1[C@@H]2CCC3(S2)C(C(=O)N(CC=C)c2c(C)cccc2Cl)N(CCCCO)C(=O)[C@H]13)c1ccc(OCC)cc1. The van der Waals surface area contributed by atoms with Crippen LogP contribution in [0.15, 0.2) is 67.8 Å². The minimum absolute atomic E-state index is 0.00679. The van der Waals surface area contributed by atoms with Crippen molar-refractivity contribution < 1.29 is 24.2 Å². The van der Waals surface area contributed by atoms with Gasteiger partial charge in [0.05, 0.1) is 33.9 Å². The monoisotopic (exact) mass is 651 g/mol. The van der Waals surface area contributed by atoms with Gasteiger partial charge >= 0.3 is 0 Å². The first-order valence-corrected chi connectivity index (χ1v) is 16.9. The van der Waals surface area contributed by atoms with Gasteiger partial charge in [-0.05, 0) is 75.4 Å².